The fraction of sp³-hybridized carbons (Fsp3) is 0.410. The first-order chi connectivity index (χ1) is 22.6. The van der Waals surface area contributed by atoms with Crippen LogP contribution in [0, 0.1) is 6.92 Å². The van der Waals surface area contributed by atoms with E-state index in [-0.39, 0.29) is 12.5 Å². The highest BCUT2D eigenvalue weighted by Crippen LogP contribution is 2.32. The number of halogens is 1. The minimum atomic E-state index is -1.37. The smallest absolute Gasteiger partial charge is 0.260 e. The van der Waals surface area contributed by atoms with Gasteiger partial charge >= 0.3 is 0 Å². The van der Waals surface area contributed by atoms with E-state index < -0.39 is 5.67 Å². The van der Waals surface area contributed by atoms with E-state index in [1.807, 2.05) is 29.2 Å². The topological polar surface area (TPSA) is 58.6 Å². The van der Waals surface area contributed by atoms with Crippen LogP contribution in [0.5, 0.6) is 5.88 Å². The normalized spacial score (nSPS) is 12.7. The van der Waals surface area contributed by atoms with Crippen LogP contribution < -0.4 is 4.74 Å². The van der Waals surface area contributed by atoms with Crippen molar-refractivity contribution in [3.05, 3.63) is 106 Å². The molecule has 1 heterocycles. The van der Waals surface area contributed by atoms with Crippen LogP contribution in [-0.4, -0.2) is 58.5 Å². The zero-order valence-corrected chi connectivity index (χ0v) is 29.2. The number of amides is 1. The summed E-state index contributed by atoms with van der Waals surface area (Å²) in [7, 11) is 0. The number of nitrogens with zero attached hydrogens (tertiary/aromatic N) is 4. The first-order valence-electron chi connectivity index (χ1n) is 16.7. The molecule has 1 aromatic heterocycles. The standard InChI is InChI=1S/C39H47FN4O2S/c1-6-43(7-2)23-24-44(25-29-15-17-31(18-16-29)32-19-21-33(22-20-32)39(4,5)40)36(45)26-46-37-34-9-8-10-35(34)41-38(42-37)47-27-30-13-11-28(3)12-14-30/h11-22H,6-10,23-27H2,1-5H3. The van der Waals surface area contributed by atoms with E-state index >= 15 is 0 Å². The molecule has 3 aromatic carbocycles. The van der Waals surface area contributed by atoms with E-state index in [2.05, 4.69) is 74.2 Å². The number of aromatic nitrogens is 2. The molecule has 248 valence electrons. The number of carbonyl (C=O) groups excluding carboxylic acids is 1. The molecular formula is C39H47FN4O2S. The van der Waals surface area contributed by atoms with Crippen molar-refractivity contribution < 1.29 is 13.9 Å². The van der Waals surface area contributed by atoms with Crippen LogP contribution in [0.2, 0.25) is 0 Å². The van der Waals surface area contributed by atoms with Gasteiger partial charge in [-0.05, 0) is 80.9 Å². The number of thioether (sulfide) groups is 1. The van der Waals surface area contributed by atoms with Crippen LogP contribution in [0.1, 0.15) is 67.6 Å². The first kappa shape index (κ1) is 34.6. The molecule has 0 bridgehead atoms. The third-order valence-corrected chi connectivity index (χ3v) is 9.78. The Kier molecular flexibility index (Phi) is 11.7. The predicted molar refractivity (Wildman–Crippen MR) is 190 cm³/mol. The number of aryl methyl sites for hydroxylation is 2. The lowest BCUT2D eigenvalue weighted by Crippen LogP contribution is -2.40. The molecule has 0 spiro atoms. The van der Waals surface area contributed by atoms with Gasteiger partial charge in [-0.3, -0.25) is 4.79 Å². The summed E-state index contributed by atoms with van der Waals surface area (Å²) in [4.78, 5) is 27.6. The molecule has 1 aliphatic carbocycles. The summed E-state index contributed by atoms with van der Waals surface area (Å²) in [6, 6.07) is 24.4. The van der Waals surface area contributed by atoms with Crippen molar-refractivity contribution in [1.82, 2.24) is 19.8 Å². The minimum absolute atomic E-state index is 0.0649. The summed E-state index contributed by atoms with van der Waals surface area (Å²) < 4.78 is 20.5. The molecule has 1 amide bonds. The highest BCUT2D eigenvalue weighted by atomic mass is 32.2. The van der Waals surface area contributed by atoms with Gasteiger partial charge in [0.2, 0.25) is 5.88 Å². The van der Waals surface area contributed by atoms with Crippen molar-refractivity contribution in [1.29, 1.82) is 0 Å². The Morgan fingerprint density at radius 2 is 1.51 bits per heavy atom. The summed E-state index contributed by atoms with van der Waals surface area (Å²) in [5.74, 6) is 1.25. The van der Waals surface area contributed by atoms with Crippen molar-refractivity contribution in [2.45, 2.75) is 77.0 Å². The number of rotatable bonds is 15. The maximum atomic E-state index is 14.3. The Balaban J connectivity index is 1.27. The van der Waals surface area contributed by atoms with Crippen LogP contribution in [-0.2, 0) is 35.6 Å². The van der Waals surface area contributed by atoms with Gasteiger partial charge in [-0.25, -0.2) is 9.37 Å². The van der Waals surface area contributed by atoms with Gasteiger partial charge in [0.1, 0.15) is 5.67 Å². The van der Waals surface area contributed by atoms with E-state index in [0.29, 0.717) is 29.7 Å². The van der Waals surface area contributed by atoms with Gasteiger partial charge in [-0.2, -0.15) is 4.98 Å². The molecule has 0 atom stereocenters. The average molecular weight is 655 g/mol. The fourth-order valence-corrected chi connectivity index (χ4v) is 6.60. The molecule has 0 saturated carbocycles. The van der Waals surface area contributed by atoms with Gasteiger partial charge in [0.05, 0.1) is 5.69 Å². The molecule has 6 nitrogen and oxygen atoms in total. The van der Waals surface area contributed by atoms with Crippen LogP contribution >= 0.6 is 11.8 Å². The quantitative estimate of drug-likeness (QED) is 0.0952. The van der Waals surface area contributed by atoms with Crippen molar-refractivity contribution in [3.63, 3.8) is 0 Å². The highest BCUT2D eigenvalue weighted by Gasteiger charge is 2.23. The highest BCUT2D eigenvalue weighted by molar-refractivity contribution is 7.98. The monoisotopic (exact) mass is 654 g/mol. The largest absolute Gasteiger partial charge is 0.467 e. The molecule has 0 N–H and O–H groups in total. The number of likely N-dealkylation sites (N-methyl/N-ethyl adjacent to an activating group) is 1. The average Bonchev–Trinajstić information content (AvgIpc) is 3.56. The van der Waals surface area contributed by atoms with Gasteiger partial charge in [0.15, 0.2) is 11.8 Å². The van der Waals surface area contributed by atoms with Crippen LogP contribution in [0.25, 0.3) is 11.1 Å². The predicted octanol–water partition coefficient (Wildman–Crippen LogP) is 8.19. The second-order valence-electron chi connectivity index (χ2n) is 12.7. The van der Waals surface area contributed by atoms with E-state index in [1.54, 1.807) is 25.6 Å². The van der Waals surface area contributed by atoms with E-state index in [1.165, 1.54) is 11.1 Å². The lowest BCUT2D eigenvalue weighted by atomic mass is 9.96. The number of alkyl halides is 1. The SMILES string of the molecule is CCN(CC)CCN(Cc1ccc(-c2ccc(C(C)(C)F)cc2)cc1)C(=O)COc1nc(SCc2ccc(C)cc2)nc2c1CCC2. The summed E-state index contributed by atoms with van der Waals surface area (Å²) in [6.45, 7) is 13.2. The molecule has 0 aliphatic heterocycles. The minimum Gasteiger partial charge on any atom is -0.467 e. The summed E-state index contributed by atoms with van der Waals surface area (Å²) in [6.07, 6.45) is 2.79. The molecule has 8 heteroatoms. The fourth-order valence-electron chi connectivity index (χ4n) is 5.79. The Morgan fingerprint density at radius 3 is 2.15 bits per heavy atom. The first-order valence-corrected chi connectivity index (χ1v) is 17.7. The molecule has 1 aliphatic rings. The zero-order valence-electron chi connectivity index (χ0n) is 28.4. The lowest BCUT2D eigenvalue weighted by Gasteiger charge is -2.27. The molecule has 0 saturated heterocycles. The summed E-state index contributed by atoms with van der Waals surface area (Å²) >= 11 is 1.60. The van der Waals surface area contributed by atoms with Crippen LogP contribution in [0.4, 0.5) is 4.39 Å². The third-order valence-electron chi connectivity index (χ3n) is 8.86. The van der Waals surface area contributed by atoms with Gasteiger partial charge in [0, 0.05) is 31.0 Å². The Morgan fingerprint density at radius 1 is 0.872 bits per heavy atom. The van der Waals surface area contributed by atoms with Gasteiger partial charge < -0.3 is 14.5 Å². The van der Waals surface area contributed by atoms with Crippen LogP contribution in [0.15, 0.2) is 78.0 Å². The van der Waals surface area contributed by atoms with E-state index in [0.717, 1.165) is 72.6 Å². The van der Waals surface area contributed by atoms with Crippen LogP contribution in [0.3, 0.4) is 0 Å². The van der Waals surface area contributed by atoms with Crippen molar-refractivity contribution in [3.8, 4) is 17.0 Å². The number of hydrogen-bond acceptors (Lipinski definition) is 6. The second-order valence-corrected chi connectivity index (χ2v) is 13.7. The van der Waals surface area contributed by atoms with Crippen molar-refractivity contribution in [2.24, 2.45) is 0 Å². The molecule has 47 heavy (non-hydrogen) atoms. The van der Waals surface area contributed by atoms with Crippen molar-refractivity contribution >= 4 is 17.7 Å². The van der Waals surface area contributed by atoms with Gasteiger partial charge in [-0.1, -0.05) is 104 Å². The van der Waals surface area contributed by atoms with E-state index in [4.69, 9.17) is 14.7 Å². The molecular weight excluding hydrogens is 608 g/mol. The zero-order chi connectivity index (χ0) is 33.4. The van der Waals surface area contributed by atoms with Gasteiger partial charge in [0.25, 0.3) is 5.91 Å². The number of hydrogen-bond donors (Lipinski definition) is 0. The van der Waals surface area contributed by atoms with E-state index in [9.17, 15) is 9.18 Å². The number of carbonyl (C=O) groups is 1. The third kappa shape index (κ3) is 9.42. The maximum Gasteiger partial charge on any atom is 0.260 e. The molecule has 0 unspecified atom stereocenters. The Hall–Kier alpha value is -3.75. The number of ether oxygens (including phenoxy) is 1. The Bertz CT molecular complexity index is 1620. The molecule has 0 fully saturated rings. The second kappa shape index (κ2) is 15.9. The maximum absolute atomic E-state index is 14.3. The summed E-state index contributed by atoms with van der Waals surface area (Å²) in [5, 5.41) is 0.690. The summed E-state index contributed by atoms with van der Waals surface area (Å²) in [5.41, 5.74) is 6.94. The number of fused-ring (bicyclic) bond motifs is 1. The Labute approximate surface area is 283 Å². The lowest BCUT2D eigenvalue weighted by molar-refractivity contribution is -0.134. The molecule has 5 rings (SSSR count). The molecule has 4 aromatic rings. The van der Waals surface area contributed by atoms with Crippen molar-refractivity contribution in [2.75, 3.05) is 32.8 Å². The molecule has 0 radical (unpaired) electrons. The van der Waals surface area contributed by atoms with Gasteiger partial charge in [-0.15, -0.1) is 0 Å². The number of benzene rings is 3.